The highest BCUT2D eigenvalue weighted by Crippen LogP contribution is 2.27. The molecule has 0 saturated carbocycles. The van der Waals surface area contributed by atoms with E-state index in [0.29, 0.717) is 0 Å². The summed E-state index contributed by atoms with van der Waals surface area (Å²) >= 11 is 9.70. The van der Waals surface area contributed by atoms with Gasteiger partial charge in [-0.3, -0.25) is 0 Å². The normalized spacial score (nSPS) is 11.4. The van der Waals surface area contributed by atoms with Crippen molar-refractivity contribution in [1.29, 1.82) is 0 Å². The minimum atomic E-state index is 0.733. The largest absolute Gasteiger partial charge is 0.371 e. The van der Waals surface area contributed by atoms with Crippen molar-refractivity contribution < 1.29 is 0 Å². The summed E-state index contributed by atoms with van der Waals surface area (Å²) in [5.74, 6) is 1.47. The minimum Gasteiger partial charge on any atom is -0.371 e. The van der Waals surface area contributed by atoms with E-state index in [1.54, 1.807) is 0 Å². The predicted molar refractivity (Wildman–Crippen MR) is 95.2 cm³/mol. The number of hydrogen-bond acceptors (Lipinski definition) is 1. The van der Waals surface area contributed by atoms with E-state index in [-0.39, 0.29) is 0 Å². The molecular formula is C17H27BrClN. The summed E-state index contributed by atoms with van der Waals surface area (Å²) in [6.45, 7) is 11.4. The van der Waals surface area contributed by atoms with Crippen LogP contribution in [0.5, 0.6) is 0 Å². The molecule has 0 atom stereocenters. The van der Waals surface area contributed by atoms with Crippen molar-refractivity contribution >= 4 is 33.2 Å². The quantitative estimate of drug-likeness (QED) is 0.504. The topological polar surface area (TPSA) is 3.24 Å². The van der Waals surface area contributed by atoms with E-state index in [0.717, 1.165) is 35.3 Å². The fraction of sp³-hybridized carbons (Fsp3) is 0.647. The molecule has 0 bridgehead atoms. The Hall–Kier alpha value is -0.210. The summed E-state index contributed by atoms with van der Waals surface area (Å²) < 4.78 is 0. The third-order valence-electron chi connectivity index (χ3n) is 3.48. The van der Waals surface area contributed by atoms with E-state index >= 15 is 0 Å². The van der Waals surface area contributed by atoms with Crippen LogP contribution < -0.4 is 4.90 Å². The van der Waals surface area contributed by atoms with Crippen molar-refractivity contribution in [3.8, 4) is 0 Å². The Kier molecular flexibility index (Phi) is 7.98. The van der Waals surface area contributed by atoms with Crippen LogP contribution in [0.4, 0.5) is 5.69 Å². The molecule has 0 aliphatic heterocycles. The van der Waals surface area contributed by atoms with Gasteiger partial charge in [-0.2, -0.15) is 0 Å². The van der Waals surface area contributed by atoms with Crippen LogP contribution in [-0.4, -0.2) is 13.1 Å². The Labute approximate surface area is 137 Å². The SMILES string of the molecule is CC(C)CCN(CCC(C)C)c1ccc(Cl)cc1CBr. The summed E-state index contributed by atoms with van der Waals surface area (Å²) in [5, 5.41) is 1.67. The molecule has 1 nitrogen and oxygen atoms in total. The Balaban J connectivity index is 2.89. The summed E-state index contributed by atoms with van der Waals surface area (Å²) in [6, 6.07) is 6.24. The standard InChI is InChI=1S/C17H27BrClN/c1-13(2)7-9-20(10-8-14(3)4)17-6-5-16(19)11-15(17)12-18/h5-6,11,13-14H,7-10,12H2,1-4H3. The Morgan fingerprint density at radius 1 is 1.05 bits per heavy atom. The lowest BCUT2D eigenvalue weighted by atomic mass is 10.1. The van der Waals surface area contributed by atoms with Crippen LogP contribution in [0.2, 0.25) is 5.02 Å². The van der Waals surface area contributed by atoms with E-state index in [1.165, 1.54) is 24.1 Å². The summed E-state index contributed by atoms with van der Waals surface area (Å²) in [4.78, 5) is 2.52. The van der Waals surface area contributed by atoms with Crippen LogP contribution in [0.3, 0.4) is 0 Å². The molecule has 0 N–H and O–H groups in total. The average molecular weight is 361 g/mol. The Morgan fingerprint density at radius 3 is 2.05 bits per heavy atom. The van der Waals surface area contributed by atoms with Gasteiger partial charge in [-0.1, -0.05) is 55.2 Å². The summed E-state index contributed by atoms with van der Waals surface area (Å²) in [7, 11) is 0. The van der Waals surface area contributed by atoms with Crippen molar-refractivity contribution in [3.05, 3.63) is 28.8 Å². The number of hydrogen-bond donors (Lipinski definition) is 0. The fourth-order valence-electron chi connectivity index (χ4n) is 2.15. The van der Waals surface area contributed by atoms with E-state index in [4.69, 9.17) is 11.6 Å². The second-order valence-electron chi connectivity index (χ2n) is 6.26. The molecule has 0 amide bonds. The number of alkyl halides is 1. The lowest BCUT2D eigenvalue weighted by Crippen LogP contribution is -2.28. The molecule has 0 saturated heterocycles. The van der Waals surface area contributed by atoms with Crippen molar-refractivity contribution in [1.82, 2.24) is 0 Å². The van der Waals surface area contributed by atoms with Gasteiger partial charge in [-0.15, -0.1) is 0 Å². The zero-order valence-corrected chi connectivity index (χ0v) is 15.5. The van der Waals surface area contributed by atoms with Crippen molar-refractivity contribution in [2.24, 2.45) is 11.8 Å². The molecular weight excluding hydrogens is 334 g/mol. The van der Waals surface area contributed by atoms with Gasteiger partial charge in [0, 0.05) is 29.1 Å². The molecule has 3 heteroatoms. The van der Waals surface area contributed by atoms with E-state index in [1.807, 2.05) is 6.07 Å². The maximum absolute atomic E-state index is 6.12. The number of benzene rings is 1. The fourth-order valence-corrected chi connectivity index (χ4v) is 2.79. The van der Waals surface area contributed by atoms with Gasteiger partial charge in [-0.25, -0.2) is 0 Å². The minimum absolute atomic E-state index is 0.733. The van der Waals surface area contributed by atoms with Crippen LogP contribution in [-0.2, 0) is 5.33 Å². The molecule has 0 heterocycles. The molecule has 114 valence electrons. The van der Waals surface area contributed by atoms with Crippen LogP contribution in [0, 0.1) is 11.8 Å². The van der Waals surface area contributed by atoms with Gasteiger partial charge in [0.2, 0.25) is 0 Å². The lowest BCUT2D eigenvalue weighted by molar-refractivity contribution is 0.535. The van der Waals surface area contributed by atoms with Gasteiger partial charge in [-0.05, 0) is 48.4 Å². The van der Waals surface area contributed by atoms with Gasteiger partial charge < -0.3 is 4.90 Å². The Morgan fingerprint density at radius 2 is 1.60 bits per heavy atom. The van der Waals surface area contributed by atoms with Crippen LogP contribution >= 0.6 is 27.5 Å². The molecule has 0 radical (unpaired) electrons. The monoisotopic (exact) mass is 359 g/mol. The third-order valence-corrected chi connectivity index (χ3v) is 4.32. The number of anilines is 1. The maximum atomic E-state index is 6.12. The van der Waals surface area contributed by atoms with E-state index in [9.17, 15) is 0 Å². The van der Waals surface area contributed by atoms with Crippen molar-refractivity contribution in [2.45, 2.75) is 45.9 Å². The predicted octanol–water partition coefficient (Wildman–Crippen LogP) is 6.13. The molecule has 0 unspecified atom stereocenters. The van der Waals surface area contributed by atoms with Gasteiger partial charge in [0.05, 0.1) is 0 Å². The van der Waals surface area contributed by atoms with Gasteiger partial charge in [0.1, 0.15) is 0 Å². The highest BCUT2D eigenvalue weighted by molar-refractivity contribution is 9.08. The van der Waals surface area contributed by atoms with Crippen molar-refractivity contribution in [2.75, 3.05) is 18.0 Å². The van der Waals surface area contributed by atoms with Crippen LogP contribution in [0.15, 0.2) is 18.2 Å². The van der Waals surface area contributed by atoms with Gasteiger partial charge >= 0.3 is 0 Å². The molecule has 0 fully saturated rings. The summed E-state index contributed by atoms with van der Waals surface area (Å²) in [6.07, 6.45) is 2.45. The molecule has 0 aliphatic carbocycles. The van der Waals surface area contributed by atoms with Crippen LogP contribution in [0.25, 0.3) is 0 Å². The van der Waals surface area contributed by atoms with Gasteiger partial charge in [0.15, 0.2) is 0 Å². The second kappa shape index (κ2) is 8.94. The van der Waals surface area contributed by atoms with E-state index in [2.05, 4.69) is 60.7 Å². The van der Waals surface area contributed by atoms with E-state index < -0.39 is 0 Å². The third kappa shape index (κ3) is 6.05. The molecule has 0 aromatic heterocycles. The molecule has 1 aromatic carbocycles. The highest BCUT2D eigenvalue weighted by Gasteiger charge is 2.12. The van der Waals surface area contributed by atoms with Gasteiger partial charge in [0.25, 0.3) is 0 Å². The second-order valence-corrected chi connectivity index (χ2v) is 7.26. The smallest absolute Gasteiger partial charge is 0.0410 e. The zero-order chi connectivity index (χ0) is 15.1. The number of nitrogens with zero attached hydrogens (tertiary/aromatic N) is 1. The van der Waals surface area contributed by atoms with Crippen molar-refractivity contribution in [3.63, 3.8) is 0 Å². The maximum Gasteiger partial charge on any atom is 0.0410 e. The first-order valence-electron chi connectivity index (χ1n) is 7.53. The lowest BCUT2D eigenvalue weighted by Gasteiger charge is -2.28. The first-order valence-corrected chi connectivity index (χ1v) is 9.03. The molecule has 1 rings (SSSR count). The average Bonchev–Trinajstić information content (AvgIpc) is 2.38. The molecule has 0 spiro atoms. The molecule has 1 aromatic rings. The highest BCUT2D eigenvalue weighted by atomic mass is 79.9. The first-order chi connectivity index (χ1) is 9.43. The first kappa shape index (κ1) is 17.8. The number of halogens is 2. The number of rotatable bonds is 8. The molecule has 20 heavy (non-hydrogen) atoms. The Bertz CT molecular complexity index is 392. The summed E-state index contributed by atoms with van der Waals surface area (Å²) in [5.41, 5.74) is 2.61. The van der Waals surface area contributed by atoms with Crippen LogP contribution in [0.1, 0.15) is 46.1 Å². The zero-order valence-electron chi connectivity index (χ0n) is 13.1. The molecule has 0 aliphatic rings.